The zero-order chi connectivity index (χ0) is 27.8. The molecule has 0 amide bonds. The Balaban J connectivity index is 1.24. The van der Waals surface area contributed by atoms with Crippen molar-refractivity contribution in [3.63, 3.8) is 0 Å². The van der Waals surface area contributed by atoms with E-state index in [1.54, 1.807) is 0 Å². The minimum Gasteiger partial charge on any atom is -0.456 e. The topological polar surface area (TPSA) is 35.9 Å². The molecule has 0 saturated heterocycles. The first kappa shape index (κ1) is 23.1. The Kier molecular flexibility index (Phi) is 4.79. The quantitative estimate of drug-likeness (QED) is 0.224. The van der Waals surface area contributed by atoms with Crippen molar-refractivity contribution >= 4 is 54.8 Å². The van der Waals surface area contributed by atoms with Crippen molar-refractivity contribution in [2.45, 2.75) is 0 Å². The fraction of sp³-hybridized carbons (Fsp3) is 0.0263. The minimum absolute atomic E-state index is 0.916. The van der Waals surface area contributed by atoms with Crippen LogP contribution in [0.15, 0.2) is 138 Å². The van der Waals surface area contributed by atoms with Crippen LogP contribution in [0, 0.1) is 0 Å². The van der Waals surface area contributed by atoms with E-state index in [0.29, 0.717) is 0 Å². The third-order valence-corrected chi connectivity index (χ3v) is 8.52. The van der Waals surface area contributed by atoms with E-state index in [2.05, 4.69) is 131 Å². The van der Waals surface area contributed by atoms with Crippen LogP contribution in [0.2, 0.25) is 0 Å². The van der Waals surface area contributed by atoms with E-state index < -0.39 is 0 Å². The number of aryl methyl sites for hydroxylation is 1. The first-order valence-corrected chi connectivity index (χ1v) is 14.2. The molecule has 0 aliphatic carbocycles. The lowest BCUT2D eigenvalue weighted by Crippen LogP contribution is -1.94. The minimum atomic E-state index is 0.916. The van der Waals surface area contributed by atoms with Gasteiger partial charge in [-0.1, -0.05) is 84.9 Å². The number of benzene rings is 6. The predicted molar refractivity (Wildman–Crippen MR) is 173 cm³/mol. The lowest BCUT2D eigenvalue weighted by Gasteiger charge is -2.11. The normalized spacial score (nSPS) is 11.9. The van der Waals surface area contributed by atoms with Crippen LogP contribution >= 0.6 is 0 Å². The van der Waals surface area contributed by atoms with Gasteiger partial charge in [-0.3, -0.25) is 0 Å². The van der Waals surface area contributed by atoms with Gasteiger partial charge in [0.1, 0.15) is 17.0 Å². The number of para-hydroxylation sites is 2. The maximum atomic E-state index is 6.26. The number of aromatic nitrogens is 3. The number of hydrogen-bond donors (Lipinski definition) is 0. The molecule has 0 aliphatic rings. The molecule has 0 N–H and O–H groups in total. The fourth-order valence-corrected chi connectivity index (χ4v) is 6.50. The molecule has 6 aromatic carbocycles. The van der Waals surface area contributed by atoms with Crippen LogP contribution in [-0.4, -0.2) is 14.1 Å². The molecule has 3 aromatic heterocycles. The van der Waals surface area contributed by atoms with Gasteiger partial charge in [-0.05, 0) is 59.7 Å². The maximum absolute atomic E-state index is 6.26. The Morgan fingerprint density at radius 1 is 0.500 bits per heavy atom. The number of furan rings is 1. The van der Waals surface area contributed by atoms with Gasteiger partial charge in [0.2, 0.25) is 0 Å². The maximum Gasteiger partial charge on any atom is 0.140 e. The largest absolute Gasteiger partial charge is 0.456 e. The van der Waals surface area contributed by atoms with E-state index in [9.17, 15) is 0 Å². The summed E-state index contributed by atoms with van der Waals surface area (Å²) in [7, 11) is 2.09. The molecule has 9 rings (SSSR count). The summed E-state index contributed by atoms with van der Waals surface area (Å²) in [6.45, 7) is 0. The Labute approximate surface area is 241 Å². The third kappa shape index (κ3) is 3.32. The number of rotatable bonds is 3. The summed E-state index contributed by atoms with van der Waals surface area (Å²) in [5, 5.41) is 4.67. The van der Waals surface area contributed by atoms with E-state index >= 15 is 0 Å². The fourth-order valence-electron chi connectivity index (χ4n) is 6.50. The number of hydrogen-bond acceptors (Lipinski definition) is 2. The SMILES string of the molecule is Cn1c(-c2ccccc2)nc2ccc(-c3cccc(-n4c5ccccc5c5cc6oc7ccccc7c6cc54)c3)cc21. The number of imidazole rings is 1. The zero-order valence-corrected chi connectivity index (χ0v) is 23.0. The van der Waals surface area contributed by atoms with Crippen molar-refractivity contribution in [1.82, 2.24) is 14.1 Å². The summed E-state index contributed by atoms with van der Waals surface area (Å²) in [6.07, 6.45) is 0. The van der Waals surface area contributed by atoms with Crippen LogP contribution in [0.5, 0.6) is 0 Å². The first-order chi connectivity index (χ1) is 20.7. The van der Waals surface area contributed by atoms with E-state index in [-0.39, 0.29) is 0 Å². The average molecular weight is 540 g/mol. The van der Waals surface area contributed by atoms with Gasteiger partial charge in [-0.25, -0.2) is 4.98 Å². The molecule has 0 atom stereocenters. The summed E-state index contributed by atoms with van der Waals surface area (Å²) in [4.78, 5) is 4.94. The molecule has 42 heavy (non-hydrogen) atoms. The molecule has 0 unspecified atom stereocenters. The van der Waals surface area contributed by atoms with Gasteiger partial charge in [0.05, 0.1) is 22.1 Å². The summed E-state index contributed by atoms with van der Waals surface area (Å²) >= 11 is 0. The molecule has 0 bridgehead atoms. The molecule has 0 saturated carbocycles. The molecule has 0 fully saturated rings. The molecule has 0 spiro atoms. The van der Waals surface area contributed by atoms with Gasteiger partial charge in [-0.15, -0.1) is 0 Å². The van der Waals surface area contributed by atoms with Crippen molar-refractivity contribution in [3.8, 4) is 28.2 Å². The Bertz CT molecular complexity index is 2480. The molecule has 3 heterocycles. The smallest absolute Gasteiger partial charge is 0.140 e. The molecule has 4 nitrogen and oxygen atoms in total. The predicted octanol–water partition coefficient (Wildman–Crippen LogP) is 9.90. The third-order valence-electron chi connectivity index (χ3n) is 8.52. The zero-order valence-electron chi connectivity index (χ0n) is 23.0. The molecule has 9 aromatic rings. The first-order valence-electron chi connectivity index (χ1n) is 14.2. The van der Waals surface area contributed by atoms with E-state index in [1.165, 1.54) is 21.8 Å². The highest BCUT2D eigenvalue weighted by Crippen LogP contribution is 2.39. The van der Waals surface area contributed by atoms with Crippen LogP contribution in [0.25, 0.3) is 83.0 Å². The van der Waals surface area contributed by atoms with Crippen molar-refractivity contribution in [1.29, 1.82) is 0 Å². The monoisotopic (exact) mass is 539 g/mol. The molecule has 0 aliphatic heterocycles. The van der Waals surface area contributed by atoms with Gasteiger partial charge in [0, 0.05) is 39.8 Å². The second kappa shape index (κ2) is 8.69. The van der Waals surface area contributed by atoms with E-state index in [0.717, 1.165) is 61.2 Å². The summed E-state index contributed by atoms with van der Waals surface area (Å²) in [5.41, 5.74) is 10.9. The van der Waals surface area contributed by atoms with Gasteiger partial charge >= 0.3 is 0 Å². The van der Waals surface area contributed by atoms with E-state index in [4.69, 9.17) is 9.40 Å². The van der Waals surface area contributed by atoms with Crippen molar-refractivity contribution < 1.29 is 4.42 Å². The Hall–Kier alpha value is -5.61. The van der Waals surface area contributed by atoms with Crippen LogP contribution in [-0.2, 0) is 7.05 Å². The highest BCUT2D eigenvalue weighted by molar-refractivity contribution is 6.17. The van der Waals surface area contributed by atoms with Gasteiger partial charge in [0.25, 0.3) is 0 Å². The molecular weight excluding hydrogens is 514 g/mol. The van der Waals surface area contributed by atoms with Gasteiger partial charge in [-0.2, -0.15) is 0 Å². The molecule has 0 radical (unpaired) electrons. The number of fused-ring (bicyclic) bond motifs is 7. The lowest BCUT2D eigenvalue weighted by molar-refractivity contribution is 0.669. The lowest BCUT2D eigenvalue weighted by atomic mass is 10.0. The Morgan fingerprint density at radius 3 is 2.17 bits per heavy atom. The second-order valence-corrected chi connectivity index (χ2v) is 10.9. The molecular formula is C38H25N3O. The highest BCUT2D eigenvalue weighted by atomic mass is 16.3. The summed E-state index contributed by atoms with van der Waals surface area (Å²) < 4.78 is 10.8. The van der Waals surface area contributed by atoms with Crippen LogP contribution < -0.4 is 0 Å². The van der Waals surface area contributed by atoms with Crippen molar-refractivity contribution in [2.75, 3.05) is 0 Å². The molecule has 198 valence electrons. The summed E-state index contributed by atoms with van der Waals surface area (Å²) in [5.74, 6) is 0.972. The average Bonchev–Trinajstić information content (AvgIpc) is 3.69. The highest BCUT2D eigenvalue weighted by Gasteiger charge is 2.17. The van der Waals surface area contributed by atoms with Crippen molar-refractivity contribution in [3.05, 3.63) is 133 Å². The van der Waals surface area contributed by atoms with Crippen LogP contribution in [0.1, 0.15) is 0 Å². The Morgan fingerprint density at radius 2 is 1.26 bits per heavy atom. The van der Waals surface area contributed by atoms with Crippen LogP contribution in [0.4, 0.5) is 0 Å². The summed E-state index contributed by atoms with van der Waals surface area (Å²) in [6, 6.07) is 47.1. The molecule has 4 heteroatoms. The van der Waals surface area contributed by atoms with Gasteiger partial charge < -0.3 is 13.6 Å². The van der Waals surface area contributed by atoms with Crippen molar-refractivity contribution in [2.24, 2.45) is 7.05 Å². The van der Waals surface area contributed by atoms with E-state index in [1.807, 2.05) is 18.2 Å². The number of nitrogens with zero attached hydrogens (tertiary/aromatic N) is 3. The van der Waals surface area contributed by atoms with Gasteiger partial charge in [0.15, 0.2) is 0 Å². The van der Waals surface area contributed by atoms with Crippen LogP contribution in [0.3, 0.4) is 0 Å². The standard InChI is InChI=1S/C38H25N3O/c1-40-35-21-26(18-19-32(35)39-38(40)24-10-3-2-4-11-24)25-12-9-13-27(20-25)41-33-16-7-5-14-28(33)30-23-37-31(22-34(30)41)29-15-6-8-17-36(29)42-37/h2-23H,1H3. The second-order valence-electron chi connectivity index (χ2n) is 10.9.